The molecule has 1 saturated heterocycles. The summed E-state index contributed by atoms with van der Waals surface area (Å²) in [6, 6.07) is 10.0. The highest BCUT2D eigenvalue weighted by molar-refractivity contribution is 7.98. The van der Waals surface area contributed by atoms with Crippen molar-refractivity contribution in [3.05, 3.63) is 35.9 Å². The Morgan fingerprint density at radius 3 is 2.74 bits per heavy atom. The van der Waals surface area contributed by atoms with E-state index in [4.69, 9.17) is 0 Å². The lowest BCUT2D eigenvalue weighted by Gasteiger charge is -2.25. The first kappa shape index (κ1) is 17.9. The number of amides is 2. The van der Waals surface area contributed by atoms with E-state index in [0.29, 0.717) is 13.1 Å². The first-order valence-corrected chi connectivity index (χ1v) is 9.45. The van der Waals surface area contributed by atoms with Crippen LogP contribution in [-0.2, 0) is 15.3 Å². The van der Waals surface area contributed by atoms with E-state index in [1.807, 2.05) is 43.8 Å². The van der Waals surface area contributed by atoms with E-state index in [-0.39, 0.29) is 23.8 Å². The maximum absolute atomic E-state index is 12.3. The number of hydrogen-bond donors (Lipinski definition) is 1. The van der Waals surface area contributed by atoms with Gasteiger partial charge in [0.25, 0.3) is 0 Å². The summed E-state index contributed by atoms with van der Waals surface area (Å²) in [6.45, 7) is 5.13. The summed E-state index contributed by atoms with van der Waals surface area (Å²) in [5.41, 5.74) is 1.30. The van der Waals surface area contributed by atoms with Gasteiger partial charge in [0.2, 0.25) is 11.8 Å². The van der Waals surface area contributed by atoms with Crippen molar-refractivity contribution in [2.24, 2.45) is 5.92 Å². The van der Waals surface area contributed by atoms with Gasteiger partial charge in [0.05, 0.1) is 0 Å². The fourth-order valence-electron chi connectivity index (χ4n) is 2.76. The van der Waals surface area contributed by atoms with Gasteiger partial charge in [-0.3, -0.25) is 9.59 Å². The van der Waals surface area contributed by atoms with E-state index in [0.717, 1.165) is 24.3 Å². The molecule has 1 aromatic carbocycles. The fourth-order valence-corrected chi connectivity index (χ4v) is 3.58. The number of likely N-dealkylation sites (tertiary alicyclic amines) is 1. The lowest BCUT2D eigenvalue weighted by Crippen LogP contribution is -2.47. The van der Waals surface area contributed by atoms with Crippen LogP contribution in [0.1, 0.15) is 32.3 Å². The number of thioether (sulfide) groups is 1. The van der Waals surface area contributed by atoms with E-state index in [2.05, 4.69) is 17.4 Å². The van der Waals surface area contributed by atoms with Crippen molar-refractivity contribution in [2.45, 2.75) is 38.5 Å². The molecule has 2 amide bonds. The number of carbonyl (C=O) groups is 2. The molecule has 1 aliphatic heterocycles. The molecule has 1 atom stereocenters. The second-order valence-corrected chi connectivity index (χ2v) is 7.28. The first-order valence-electron chi connectivity index (χ1n) is 8.29. The zero-order valence-electron chi connectivity index (χ0n) is 14.0. The van der Waals surface area contributed by atoms with Crippen LogP contribution in [-0.4, -0.2) is 41.6 Å². The van der Waals surface area contributed by atoms with Gasteiger partial charge in [-0.05, 0) is 18.4 Å². The molecule has 2 rings (SSSR count). The minimum absolute atomic E-state index is 0.00295. The molecule has 4 nitrogen and oxygen atoms in total. The summed E-state index contributed by atoms with van der Waals surface area (Å²) >= 11 is 1.81. The monoisotopic (exact) mass is 334 g/mol. The Kier molecular flexibility index (Phi) is 6.96. The molecule has 0 spiro atoms. The lowest BCUT2D eigenvalue weighted by molar-refractivity contribution is -0.140. The summed E-state index contributed by atoms with van der Waals surface area (Å²) in [5, 5.41) is 2.98. The van der Waals surface area contributed by atoms with Crippen LogP contribution in [0.25, 0.3) is 0 Å². The summed E-state index contributed by atoms with van der Waals surface area (Å²) in [6.07, 6.45) is 1.70. The number of nitrogens with zero attached hydrogens (tertiary/aromatic N) is 1. The van der Waals surface area contributed by atoms with E-state index < -0.39 is 0 Å². The average Bonchev–Trinajstić information content (AvgIpc) is 3.04. The first-order chi connectivity index (χ1) is 11.1. The highest BCUT2D eigenvalue weighted by Crippen LogP contribution is 2.20. The number of nitrogens with one attached hydrogen (secondary N) is 1. The van der Waals surface area contributed by atoms with Crippen molar-refractivity contribution < 1.29 is 9.59 Å². The van der Waals surface area contributed by atoms with Crippen molar-refractivity contribution in [1.82, 2.24) is 10.2 Å². The normalized spacial score (nSPS) is 17.5. The van der Waals surface area contributed by atoms with Crippen LogP contribution in [0.15, 0.2) is 30.3 Å². The maximum atomic E-state index is 12.3. The second-order valence-electron chi connectivity index (χ2n) is 6.17. The molecule has 5 heteroatoms. The van der Waals surface area contributed by atoms with E-state index in [1.54, 1.807) is 4.90 Å². The Balaban J connectivity index is 1.69. The predicted molar refractivity (Wildman–Crippen MR) is 95.2 cm³/mol. The van der Waals surface area contributed by atoms with Gasteiger partial charge in [0, 0.05) is 30.5 Å². The van der Waals surface area contributed by atoms with Crippen LogP contribution in [0.5, 0.6) is 0 Å². The highest BCUT2D eigenvalue weighted by Gasteiger charge is 2.34. The predicted octanol–water partition coefficient (Wildman–Crippen LogP) is 2.68. The molecule has 0 bridgehead atoms. The van der Waals surface area contributed by atoms with Gasteiger partial charge in [0.15, 0.2) is 0 Å². The van der Waals surface area contributed by atoms with Gasteiger partial charge in [-0.2, -0.15) is 11.8 Å². The average molecular weight is 334 g/mol. The second kappa shape index (κ2) is 8.96. The molecule has 1 unspecified atom stereocenters. The molecule has 1 heterocycles. The van der Waals surface area contributed by atoms with Crippen molar-refractivity contribution in [2.75, 3.05) is 18.8 Å². The van der Waals surface area contributed by atoms with Crippen molar-refractivity contribution >= 4 is 23.6 Å². The molecule has 0 aliphatic carbocycles. The van der Waals surface area contributed by atoms with Gasteiger partial charge in [-0.25, -0.2) is 0 Å². The number of hydrogen-bond acceptors (Lipinski definition) is 3. The minimum atomic E-state index is -0.274. The van der Waals surface area contributed by atoms with Gasteiger partial charge < -0.3 is 10.2 Å². The van der Waals surface area contributed by atoms with Crippen LogP contribution < -0.4 is 5.32 Å². The molecule has 0 radical (unpaired) electrons. The largest absolute Gasteiger partial charge is 0.353 e. The van der Waals surface area contributed by atoms with Crippen LogP contribution in [0.3, 0.4) is 0 Å². The Morgan fingerprint density at radius 1 is 1.30 bits per heavy atom. The molecule has 126 valence electrons. The Labute approximate surface area is 143 Å². The molecule has 0 saturated carbocycles. The fraction of sp³-hybridized carbons (Fsp3) is 0.556. The third-order valence-electron chi connectivity index (χ3n) is 3.99. The molecule has 1 aromatic rings. The third kappa shape index (κ3) is 5.27. The molecule has 1 aliphatic rings. The van der Waals surface area contributed by atoms with Crippen LogP contribution in [0.4, 0.5) is 0 Å². The zero-order chi connectivity index (χ0) is 16.7. The smallest absolute Gasteiger partial charge is 0.242 e. The van der Waals surface area contributed by atoms with Crippen LogP contribution in [0.2, 0.25) is 0 Å². The quantitative estimate of drug-likeness (QED) is 0.780. The summed E-state index contributed by atoms with van der Waals surface area (Å²) in [5.74, 6) is 1.87. The number of rotatable bonds is 7. The number of carbonyl (C=O) groups excluding carboxylic acids is 2. The number of benzene rings is 1. The van der Waals surface area contributed by atoms with Crippen molar-refractivity contribution in [3.63, 3.8) is 0 Å². The Bertz CT molecular complexity index is 519. The summed E-state index contributed by atoms with van der Waals surface area (Å²) in [7, 11) is 0. The SMILES string of the molecule is CC(C)C(=O)N1CCCC1C(=O)NCCSCc1ccccc1. The van der Waals surface area contributed by atoms with E-state index in [1.165, 1.54) is 5.56 Å². The minimum Gasteiger partial charge on any atom is -0.353 e. The molecule has 23 heavy (non-hydrogen) atoms. The van der Waals surface area contributed by atoms with E-state index in [9.17, 15) is 9.59 Å². The summed E-state index contributed by atoms with van der Waals surface area (Å²) in [4.78, 5) is 26.2. The van der Waals surface area contributed by atoms with Gasteiger partial charge >= 0.3 is 0 Å². The Hall–Kier alpha value is -1.49. The van der Waals surface area contributed by atoms with Crippen molar-refractivity contribution in [1.29, 1.82) is 0 Å². The Morgan fingerprint density at radius 2 is 2.04 bits per heavy atom. The third-order valence-corrected chi connectivity index (χ3v) is 5.02. The molecule has 1 N–H and O–H groups in total. The van der Waals surface area contributed by atoms with Crippen LogP contribution in [0, 0.1) is 5.92 Å². The highest BCUT2D eigenvalue weighted by atomic mass is 32.2. The molecular weight excluding hydrogens is 308 g/mol. The zero-order valence-corrected chi connectivity index (χ0v) is 14.8. The molecular formula is C18H26N2O2S. The van der Waals surface area contributed by atoms with Crippen molar-refractivity contribution in [3.8, 4) is 0 Å². The lowest BCUT2D eigenvalue weighted by atomic mass is 10.1. The van der Waals surface area contributed by atoms with E-state index >= 15 is 0 Å². The molecule has 1 fully saturated rings. The van der Waals surface area contributed by atoms with Crippen LogP contribution >= 0.6 is 11.8 Å². The maximum Gasteiger partial charge on any atom is 0.242 e. The topological polar surface area (TPSA) is 49.4 Å². The van der Waals surface area contributed by atoms with Gasteiger partial charge in [-0.1, -0.05) is 44.2 Å². The standard InChI is InChI=1S/C18H26N2O2S/c1-14(2)18(22)20-11-6-9-16(20)17(21)19-10-12-23-13-15-7-4-3-5-8-15/h3-5,7-8,14,16H,6,9-13H2,1-2H3,(H,19,21). The molecule has 0 aromatic heterocycles. The van der Waals surface area contributed by atoms with Gasteiger partial charge in [0.1, 0.15) is 6.04 Å². The van der Waals surface area contributed by atoms with Gasteiger partial charge in [-0.15, -0.1) is 0 Å². The summed E-state index contributed by atoms with van der Waals surface area (Å²) < 4.78 is 0.